The second-order valence-electron chi connectivity index (χ2n) is 4.95. The zero-order valence-corrected chi connectivity index (χ0v) is 12.5. The van der Waals surface area contributed by atoms with E-state index >= 15 is 0 Å². The van der Waals surface area contributed by atoms with Crippen molar-refractivity contribution in [2.45, 2.75) is 52.5 Å². The molecule has 5 heteroatoms. The van der Waals surface area contributed by atoms with E-state index in [0.717, 1.165) is 36.8 Å². The van der Waals surface area contributed by atoms with Crippen LogP contribution in [0.1, 0.15) is 46.4 Å². The van der Waals surface area contributed by atoms with Gasteiger partial charge in [0.1, 0.15) is 17.5 Å². The molecule has 1 heterocycles. The molecule has 0 spiro atoms. The summed E-state index contributed by atoms with van der Waals surface area (Å²) in [7, 11) is 0. The van der Waals surface area contributed by atoms with Crippen LogP contribution < -0.4 is 10.6 Å². The predicted molar refractivity (Wildman–Crippen MR) is 79.6 cm³/mol. The van der Waals surface area contributed by atoms with Crippen LogP contribution >= 0.6 is 0 Å². The molecule has 0 fully saturated rings. The number of aryl methyl sites for hydroxylation is 1. The zero-order chi connectivity index (χ0) is 14.3. The summed E-state index contributed by atoms with van der Waals surface area (Å²) in [6, 6.07) is 1.92. The maximum atomic E-state index is 9.17. The minimum atomic E-state index is -0.141. The lowest BCUT2D eigenvalue weighted by atomic mass is 9.95. The van der Waals surface area contributed by atoms with E-state index in [0.29, 0.717) is 6.42 Å². The molecule has 0 amide bonds. The van der Waals surface area contributed by atoms with Crippen LogP contribution in [0.25, 0.3) is 0 Å². The number of nitrogens with zero attached hydrogens (tertiary/aromatic N) is 2. The summed E-state index contributed by atoms with van der Waals surface area (Å²) in [5.41, 5.74) is -0.141. The molecule has 5 nitrogen and oxygen atoms in total. The van der Waals surface area contributed by atoms with Gasteiger partial charge in [0.25, 0.3) is 0 Å². The molecule has 0 saturated heterocycles. The first-order valence-corrected chi connectivity index (χ1v) is 7.07. The lowest BCUT2D eigenvalue weighted by Gasteiger charge is -2.29. The van der Waals surface area contributed by atoms with Gasteiger partial charge in [0.2, 0.25) is 0 Å². The summed E-state index contributed by atoms with van der Waals surface area (Å²) in [6.07, 6.45) is 2.43. The minimum absolute atomic E-state index is 0.141. The van der Waals surface area contributed by atoms with Gasteiger partial charge in [-0.2, -0.15) is 0 Å². The maximum Gasteiger partial charge on any atom is 0.132 e. The normalized spacial score (nSPS) is 13.9. The number of nitrogens with one attached hydrogen (secondary N) is 2. The number of rotatable bonds is 8. The van der Waals surface area contributed by atoms with Crippen LogP contribution in [-0.2, 0) is 6.42 Å². The molecule has 0 aliphatic heterocycles. The van der Waals surface area contributed by atoms with Gasteiger partial charge in [-0.15, -0.1) is 0 Å². The van der Waals surface area contributed by atoms with Gasteiger partial charge in [0.05, 0.1) is 0 Å². The predicted octanol–water partition coefficient (Wildman–Crippen LogP) is 2.43. The Morgan fingerprint density at radius 3 is 2.42 bits per heavy atom. The van der Waals surface area contributed by atoms with E-state index in [1.165, 1.54) is 0 Å². The summed E-state index contributed by atoms with van der Waals surface area (Å²) in [5.74, 6) is 2.49. The Hall–Kier alpha value is -1.36. The van der Waals surface area contributed by atoms with Gasteiger partial charge in [0, 0.05) is 31.2 Å². The maximum absolute atomic E-state index is 9.17. The lowest BCUT2D eigenvalue weighted by Crippen LogP contribution is -2.35. The van der Waals surface area contributed by atoms with E-state index in [2.05, 4.69) is 34.4 Å². The van der Waals surface area contributed by atoms with Gasteiger partial charge in [-0.25, -0.2) is 9.97 Å². The van der Waals surface area contributed by atoms with Gasteiger partial charge in [-0.3, -0.25) is 0 Å². The van der Waals surface area contributed by atoms with Crippen LogP contribution in [0, 0.1) is 0 Å². The monoisotopic (exact) mass is 266 g/mol. The van der Waals surface area contributed by atoms with Crippen LogP contribution in [0.4, 0.5) is 11.6 Å². The van der Waals surface area contributed by atoms with Gasteiger partial charge in [0.15, 0.2) is 0 Å². The van der Waals surface area contributed by atoms with E-state index in [1.54, 1.807) is 0 Å². The molecule has 0 saturated carbocycles. The molecule has 1 rings (SSSR count). The second kappa shape index (κ2) is 7.28. The molecule has 0 aliphatic rings. The molecule has 19 heavy (non-hydrogen) atoms. The number of aliphatic hydroxyl groups excluding tert-OH is 1. The first-order chi connectivity index (χ1) is 9.06. The Balaban J connectivity index is 2.95. The van der Waals surface area contributed by atoms with Crippen molar-refractivity contribution >= 4 is 11.6 Å². The first kappa shape index (κ1) is 15.7. The highest BCUT2D eigenvalue weighted by molar-refractivity contribution is 5.48. The zero-order valence-electron chi connectivity index (χ0n) is 12.5. The van der Waals surface area contributed by atoms with Crippen molar-refractivity contribution in [3.63, 3.8) is 0 Å². The standard InChI is InChI=1S/C14H26N4O/c1-5-11-16-12(15-7-3)10-13(17-11)18-14(4,6-2)8-9-19/h10,19H,5-9H2,1-4H3,(H2,15,16,17,18). The van der Waals surface area contributed by atoms with Crippen molar-refractivity contribution in [3.8, 4) is 0 Å². The molecule has 0 bridgehead atoms. The van der Waals surface area contributed by atoms with Crippen molar-refractivity contribution in [2.75, 3.05) is 23.8 Å². The fourth-order valence-corrected chi connectivity index (χ4v) is 1.87. The molecule has 0 radical (unpaired) electrons. The van der Waals surface area contributed by atoms with E-state index < -0.39 is 0 Å². The number of aromatic nitrogens is 2. The highest BCUT2D eigenvalue weighted by Gasteiger charge is 2.22. The van der Waals surface area contributed by atoms with E-state index in [9.17, 15) is 0 Å². The average molecular weight is 266 g/mol. The van der Waals surface area contributed by atoms with Crippen molar-refractivity contribution in [1.29, 1.82) is 0 Å². The second-order valence-corrected chi connectivity index (χ2v) is 4.95. The molecule has 1 unspecified atom stereocenters. The van der Waals surface area contributed by atoms with Crippen LogP contribution in [-0.4, -0.2) is 33.8 Å². The minimum Gasteiger partial charge on any atom is -0.396 e. The third-order valence-electron chi connectivity index (χ3n) is 3.32. The van der Waals surface area contributed by atoms with Crippen molar-refractivity contribution < 1.29 is 5.11 Å². The van der Waals surface area contributed by atoms with Crippen LogP contribution in [0.5, 0.6) is 0 Å². The van der Waals surface area contributed by atoms with Gasteiger partial charge >= 0.3 is 0 Å². The number of anilines is 2. The number of hydrogen-bond acceptors (Lipinski definition) is 5. The van der Waals surface area contributed by atoms with Crippen LogP contribution in [0.2, 0.25) is 0 Å². The summed E-state index contributed by atoms with van der Waals surface area (Å²) in [5, 5.41) is 15.8. The molecule has 1 atom stereocenters. The number of hydrogen-bond donors (Lipinski definition) is 3. The molecule has 108 valence electrons. The highest BCUT2D eigenvalue weighted by Crippen LogP contribution is 2.22. The van der Waals surface area contributed by atoms with Crippen LogP contribution in [0.15, 0.2) is 6.07 Å². The Morgan fingerprint density at radius 2 is 1.89 bits per heavy atom. The summed E-state index contributed by atoms with van der Waals surface area (Å²) in [6.45, 7) is 9.30. The first-order valence-electron chi connectivity index (χ1n) is 7.07. The Bertz CT molecular complexity index is 397. The Morgan fingerprint density at radius 1 is 1.21 bits per heavy atom. The summed E-state index contributed by atoms with van der Waals surface area (Å²) in [4.78, 5) is 8.94. The van der Waals surface area contributed by atoms with Crippen molar-refractivity contribution in [1.82, 2.24) is 9.97 Å². The van der Waals surface area contributed by atoms with Gasteiger partial charge in [-0.05, 0) is 26.7 Å². The Labute approximate surface area is 115 Å². The van der Waals surface area contributed by atoms with Gasteiger partial charge < -0.3 is 15.7 Å². The molecule has 0 aromatic carbocycles. The molecule has 1 aromatic rings. The quantitative estimate of drug-likeness (QED) is 0.674. The largest absolute Gasteiger partial charge is 0.396 e. The third kappa shape index (κ3) is 4.67. The molecule has 0 aliphatic carbocycles. The molecule has 3 N–H and O–H groups in total. The van der Waals surface area contributed by atoms with Crippen LogP contribution in [0.3, 0.4) is 0 Å². The molecular formula is C14H26N4O. The van der Waals surface area contributed by atoms with Gasteiger partial charge in [-0.1, -0.05) is 13.8 Å². The summed E-state index contributed by atoms with van der Waals surface area (Å²) >= 11 is 0. The number of aliphatic hydroxyl groups is 1. The van der Waals surface area contributed by atoms with Crippen molar-refractivity contribution in [3.05, 3.63) is 11.9 Å². The molecular weight excluding hydrogens is 240 g/mol. The smallest absolute Gasteiger partial charge is 0.132 e. The summed E-state index contributed by atoms with van der Waals surface area (Å²) < 4.78 is 0. The topological polar surface area (TPSA) is 70.1 Å². The molecule has 1 aromatic heterocycles. The average Bonchev–Trinajstić information content (AvgIpc) is 2.39. The Kier molecular flexibility index (Phi) is 6.02. The third-order valence-corrected chi connectivity index (χ3v) is 3.32. The SMILES string of the molecule is CCNc1cc(NC(C)(CC)CCO)nc(CC)n1. The fourth-order valence-electron chi connectivity index (χ4n) is 1.87. The van der Waals surface area contributed by atoms with E-state index in [-0.39, 0.29) is 12.1 Å². The van der Waals surface area contributed by atoms with E-state index in [1.807, 2.05) is 19.9 Å². The van der Waals surface area contributed by atoms with Crippen molar-refractivity contribution in [2.24, 2.45) is 0 Å². The van der Waals surface area contributed by atoms with E-state index in [4.69, 9.17) is 5.11 Å². The highest BCUT2D eigenvalue weighted by atomic mass is 16.3. The fraction of sp³-hybridized carbons (Fsp3) is 0.714. The lowest BCUT2D eigenvalue weighted by molar-refractivity contribution is 0.252.